The summed E-state index contributed by atoms with van der Waals surface area (Å²) in [5.74, 6) is -0.227. The lowest BCUT2D eigenvalue weighted by Crippen LogP contribution is -2.50. The van der Waals surface area contributed by atoms with Gasteiger partial charge in [0, 0.05) is 31.1 Å². The molecule has 0 atom stereocenters. The first kappa shape index (κ1) is 21.2. The number of sulfonamides is 1. The van der Waals surface area contributed by atoms with Gasteiger partial charge in [0.25, 0.3) is 10.0 Å². The lowest BCUT2D eigenvalue weighted by atomic mass is 10.2. The third-order valence-corrected chi connectivity index (χ3v) is 8.45. The molecule has 1 fully saturated rings. The molecule has 1 aliphatic heterocycles. The highest BCUT2D eigenvalue weighted by atomic mass is 32.2. The van der Waals surface area contributed by atoms with E-state index in [0.717, 1.165) is 35.2 Å². The first-order valence-electron chi connectivity index (χ1n) is 8.29. The Morgan fingerprint density at radius 3 is 2.43 bits per heavy atom. The van der Waals surface area contributed by atoms with Gasteiger partial charge in [-0.15, -0.1) is 23.1 Å². The van der Waals surface area contributed by atoms with Crippen molar-refractivity contribution in [3.8, 4) is 0 Å². The molecule has 2 heterocycles. The average molecular weight is 451 g/mol. The number of alkyl halides is 3. The molecule has 1 aromatic heterocycles. The van der Waals surface area contributed by atoms with Crippen LogP contribution in [0, 0.1) is 0 Å². The fraction of sp³-hybridized carbons (Fsp3) is 0.353. The molecule has 0 saturated carbocycles. The predicted molar refractivity (Wildman–Crippen MR) is 102 cm³/mol. The number of nitrogens with zero attached hydrogens (tertiary/aromatic N) is 2. The fourth-order valence-corrected chi connectivity index (χ4v) is 6.14. The first-order valence-corrected chi connectivity index (χ1v) is 11.6. The highest BCUT2D eigenvalue weighted by Gasteiger charge is 2.32. The Bertz CT molecular complexity index is 923. The van der Waals surface area contributed by atoms with E-state index in [1.807, 2.05) is 0 Å². The van der Waals surface area contributed by atoms with Crippen molar-refractivity contribution < 1.29 is 26.4 Å². The quantitative estimate of drug-likeness (QED) is 0.656. The smallest absolute Gasteiger partial charge is 0.339 e. The van der Waals surface area contributed by atoms with E-state index in [1.165, 1.54) is 16.4 Å². The van der Waals surface area contributed by atoms with Crippen LogP contribution in [-0.2, 0) is 21.0 Å². The second kappa shape index (κ2) is 8.44. The lowest BCUT2D eigenvalue weighted by molar-refractivity contribution is -0.137. The highest BCUT2D eigenvalue weighted by molar-refractivity contribution is 8.00. The molecule has 0 spiro atoms. The summed E-state index contributed by atoms with van der Waals surface area (Å²) in [6.07, 6.45) is -4.43. The molecular formula is C17H17F3N2O3S3. The Kier molecular flexibility index (Phi) is 6.37. The monoisotopic (exact) mass is 450 g/mol. The zero-order valence-electron chi connectivity index (χ0n) is 14.6. The molecule has 3 rings (SSSR count). The maximum Gasteiger partial charge on any atom is 0.416 e. The van der Waals surface area contributed by atoms with Gasteiger partial charge in [-0.1, -0.05) is 12.1 Å². The van der Waals surface area contributed by atoms with E-state index in [2.05, 4.69) is 0 Å². The van der Waals surface area contributed by atoms with E-state index < -0.39 is 21.8 Å². The number of piperazine rings is 1. The van der Waals surface area contributed by atoms with E-state index in [4.69, 9.17) is 0 Å². The molecular weight excluding hydrogens is 433 g/mol. The number of hydrogen-bond acceptors (Lipinski definition) is 5. The molecule has 1 amide bonds. The van der Waals surface area contributed by atoms with Crippen LogP contribution in [0.3, 0.4) is 0 Å². The lowest BCUT2D eigenvalue weighted by Gasteiger charge is -2.33. The number of carbonyl (C=O) groups is 1. The van der Waals surface area contributed by atoms with Crippen molar-refractivity contribution in [2.75, 3.05) is 31.9 Å². The van der Waals surface area contributed by atoms with Crippen molar-refractivity contribution in [2.45, 2.75) is 15.3 Å². The number of thiophene rings is 1. The molecule has 1 aliphatic rings. The van der Waals surface area contributed by atoms with Crippen LogP contribution in [0.4, 0.5) is 13.2 Å². The number of hydrogen-bond donors (Lipinski definition) is 0. The van der Waals surface area contributed by atoms with Crippen molar-refractivity contribution in [1.82, 2.24) is 9.21 Å². The SMILES string of the molecule is O=C(CSc1cccc(C(F)(F)F)c1)N1CCN(S(=O)(=O)c2cccs2)CC1. The molecule has 1 aromatic carbocycles. The minimum absolute atomic E-state index is 0.00101. The molecule has 11 heteroatoms. The van der Waals surface area contributed by atoms with Crippen molar-refractivity contribution in [1.29, 1.82) is 0 Å². The van der Waals surface area contributed by atoms with Gasteiger partial charge in [0.05, 0.1) is 11.3 Å². The Morgan fingerprint density at radius 2 is 1.82 bits per heavy atom. The molecule has 1 saturated heterocycles. The summed E-state index contributed by atoms with van der Waals surface area (Å²) in [5, 5.41) is 1.69. The Labute approximate surface area is 169 Å². The molecule has 0 radical (unpaired) electrons. The van der Waals surface area contributed by atoms with Crippen molar-refractivity contribution in [3.63, 3.8) is 0 Å². The molecule has 0 unspecified atom stereocenters. The van der Waals surface area contributed by atoms with E-state index in [9.17, 15) is 26.4 Å². The number of carbonyl (C=O) groups excluding carboxylic acids is 1. The first-order chi connectivity index (χ1) is 13.2. The van der Waals surface area contributed by atoms with Gasteiger partial charge in [0.1, 0.15) is 4.21 Å². The third kappa shape index (κ3) is 4.88. The third-order valence-electron chi connectivity index (χ3n) is 4.20. The van der Waals surface area contributed by atoms with Crippen LogP contribution in [0.15, 0.2) is 50.9 Å². The second-order valence-corrected chi connectivity index (χ2v) is 10.2. The van der Waals surface area contributed by atoms with Gasteiger partial charge in [-0.2, -0.15) is 17.5 Å². The van der Waals surface area contributed by atoms with E-state index >= 15 is 0 Å². The molecule has 0 N–H and O–H groups in total. The largest absolute Gasteiger partial charge is 0.416 e. The van der Waals surface area contributed by atoms with E-state index in [1.54, 1.807) is 22.4 Å². The molecule has 0 bridgehead atoms. The zero-order chi connectivity index (χ0) is 20.4. The van der Waals surface area contributed by atoms with E-state index in [0.29, 0.717) is 4.90 Å². The minimum Gasteiger partial charge on any atom is -0.339 e. The molecule has 5 nitrogen and oxygen atoms in total. The van der Waals surface area contributed by atoms with Gasteiger partial charge in [-0.3, -0.25) is 4.79 Å². The number of benzene rings is 1. The van der Waals surface area contributed by atoms with Crippen LogP contribution in [0.1, 0.15) is 5.56 Å². The molecule has 0 aliphatic carbocycles. The number of thioether (sulfide) groups is 1. The molecule has 28 heavy (non-hydrogen) atoms. The van der Waals surface area contributed by atoms with Crippen molar-refractivity contribution >= 4 is 39.0 Å². The van der Waals surface area contributed by atoms with Crippen molar-refractivity contribution in [2.24, 2.45) is 0 Å². The van der Waals surface area contributed by atoms with Gasteiger partial charge in [0.15, 0.2) is 0 Å². The summed E-state index contributed by atoms with van der Waals surface area (Å²) in [6.45, 7) is 0.902. The normalized spacial score (nSPS) is 16.3. The summed E-state index contributed by atoms with van der Waals surface area (Å²) in [6, 6.07) is 8.05. The summed E-state index contributed by atoms with van der Waals surface area (Å²) in [5.41, 5.74) is -0.752. The van der Waals surface area contributed by atoms with Crippen LogP contribution in [0.25, 0.3) is 0 Å². The average Bonchev–Trinajstić information content (AvgIpc) is 3.21. The summed E-state index contributed by atoms with van der Waals surface area (Å²) in [4.78, 5) is 14.3. The Hall–Kier alpha value is -1.56. The van der Waals surface area contributed by atoms with Gasteiger partial charge in [-0.25, -0.2) is 8.42 Å². The predicted octanol–water partition coefficient (Wildman–Crippen LogP) is 3.39. The van der Waals surface area contributed by atoms with Gasteiger partial charge < -0.3 is 4.90 Å². The fourth-order valence-electron chi connectivity index (χ4n) is 2.71. The number of halogens is 3. The van der Waals surface area contributed by atoms with Crippen molar-refractivity contribution in [3.05, 3.63) is 47.3 Å². The Morgan fingerprint density at radius 1 is 1.11 bits per heavy atom. The van der Waals surface area contributed by atoms with Crippen LogP contribution >= 0.6 is 23.1 Å². The summed E-state index contributed by atoms with van der Waals surface area (Å²) >= 11 is 2.18. The van der Waals surface area contributed by atoms with E-state index in [-0.39, 0.29) is 42.0 Å². The number of rotatable bonds is 5. The van der Waals surface area contributed by atoms with Gasteiger partial charge >= 0.3 is 6.18 Å². The second-order valence-electron chi connectivity index (χ2n) is 6.03. The highest BCUT2D eigenvalue weighted by Crippen LogP contribution is 2.32. The molecule has 152 valence electrons. The van der Waals surface area contributed by atoms with Gasteiger partial charge in [0.2, 0.25) is 5.91 Å². The zero-order valence-corrected chi connectivity index (χ0v) is 17.0. The topological polar surface area (TPSA) is 57.7 Å². The Balaban J connectivity index is 1.53. The van der Waals surface area contributed by atoms with Crippen LogP contribution < -0.4 is 0 Å². The summed E-state index contributed by atoms with van der Waals surface area (Å²) in [7, 11) is -3.54. The standard InChI is InChI=1S/C17H17F3N2O3S3/c18-17(19,20)13-3-1-4-14(11-13)27-12-15(23)21-6-8-22(9-7-21)28(24,25)16-5-2-10-26-16/h1-5,10-11H,6-9,12H2. The minimum atomic E-state index is -4.43. The summed E-state index contributed by atoms with van der Waals surface area (Å²) < 4.78 is 64.9. The molecule has 2 aromatic rings. The van der Waals surface area contributed by atoms with Crippen LogP contribution in [-0.4, -0.2) is 55.5 Å². The van der Waals surface area contributed by atoms with Gasteiger partial charge in [-0.05, 0) is 29.6 Å². The van der Waals surface area contributed by atoms with Crippen LogP contribution in [0.2, 0.25) is 0 Å². The maximum absolute atomic E-state index is 12.8. The van der Waals surface area contributed by atoms with Crippen LogP contribution in [0.5, 0.6) is 0 Å². The number of amides is 1. The maximum atomic E-state index is 12.8.